The summed E-state index contributed by atoms with van der Waals surface area (Å²) in [7, 11) is 0. The molecule has 2 aliphatic carbocycles. The SMILES string of the molecule is CCCCCC1CCC(C2CC=C(c3ccc(-c4ccc(-c5ccc(OCCCC)c(F)c5F)cc4)cc3F)CC2)CC1. The van der Waals surface area contributed by atoms with Crippen molar-refractivity contribution in [2.45, 2.75) is 97.3 Å². The molecule has 230 valence electrons. The van der Waals surface area contributed by atoms with Gasteiger partial charge in [0.15, 0.2) is 11.6 Å². The highest BCUT2D eigenvalue weighted by atomic mass is 19.2. The van der Waals surface area contributed by atoms with Crippen molar-refractivity contribution in [2.75, 3.05) is 6.61 Å². The van der Waals surface area contributed by atoms with Crippen molar-refractivity contribution in [1.82, 2.24) is 0 Å². The van der Waals surface area contributed by atoms with Crippen LogP contribution < -0.4 is 4.74 Å². The molecule has 1 atom stereocenters. The molecule has 0 aliphatic heterocycles. The van der Waals surface area contributed by atoms with Gasteiger partial charge in [-0.2, -0.15) is 4.39 Å². The van der Waals surface area contributed by atoms with Gasteiger partial charge in [-0.1, -0.05) is 101 Å². The van der Waals surface area contributed by atoms with Gasteiger partial charge < -0.3 is 4.74 Å². The fourth-order valence-corrected chi connectivity index (χ4v) is 7.15. The van der Waals surface area contributed by atoms with Crippen molar-refractivity contribution in [3.63, 3.8) is 0 Å². The Kier molecular flexibility index (Phi) is 11.1. The van der Waals surface area contributed by atoms with Crippen LogP contribution in [-0.4, -0.2) is 6.61 Å². The summed E-state index contributed by atoms with van der Waals surface area (Å²) in [5, 5.41) is 0. The van der Waals surface area contributed by atoms with Gasteiger partial charge >= 0.3 is 0 Å². The first-order chi connectivity index (χ1) is 21.0. The van der Waals surface area contributed by atoms with Crippen LogP contribution in [0.15, 0.2) is 60.7 Å². The molecule has 0 radical (unpaired) electrons. The van der Waals surface area contributed by atoms with Crippen LogP contribution in [0.25, 0.3) is 27.8 Å². The summed E-state index contributed by atoms with van der Waals surface area (Å²) in [5.74, 6) is 0.351. The average Bonchev–Trinajstić information content (AvgIpc) is 3.04. The van der Waals surface area contributed by atoms with Crippen LogP contribution in [-0.2, 0) is 0 Å². The number of unbranched alkanes of at least 4 members (excludes halogenated alkanes) is 3. The molecule has 1 saturated carbocycles. The second kappa shape index (κ2) is 15.1. The molecule has 0 amide bonds. The Morgan fingerprint density at radius 3 is 2.05 bits per heavy atom. The van der Waals surface area contributed by atoms with Crippen LogP contribution in [0.1, 0.15) is 103 Å². The van der Waals surface area contributed by atoms with E-state index in [9.17, 15) is 8.78 Å². The van der Waals surface area contributed by atoms with E-state index < -0.39 is 11.6 Å². The van der Waals surface area contributed by atoms with E-state index in [1.165, 1.54) is 57.4 Å². The molecule has 2 aliphatic rings. The zero-order valence-electron chi connectivity index (χ0n) is 25.9. The zero-order chi connectivity index (χ0) is 30.2. The van der Waals surface area contributed by atoms with Crippen molar-refractivity contribution in [1.29, 1.82) is 0 Å². The number of ether oxygens (including phenoxy) is 1. The third-order valence-electron chi connectivity index (χ3n) is 9.87. The first-order valence-corrected chi connectivity index (χ1v) is 16.7. The van der Waals surface area contributed by atoms with Gasteiger partial charge in [0.1, 0.15) is 5.82 Å². The molecule has 0 bridgehead atoms. The standard InChI is InChI=1S/C39H47F3O/c1-3-5-7-8-27-9-11-28(12-10-27)29-13-17-31(18-14-29)34-22-21-33(26-36(34)40)30-15-19-32(20-16-30)35-23-24-37(39(42)38(35)41)43-25-6-4-2/h15-17,19-24,26-29H,3-14,18,25H2,1-2H3. The van der Waals surface area contributed by atoms with E-state index in [1.807, 2.05) is 31.2 Å². The van der Waals surface area contributed by atoms with Crippen LogP contribution >= 0.6 is 0 Å². The summed E-state index contributed by atoms with van der Waals surface area (Å²) in [6.45, 7) is 4.65. The number of halogens is 3. The quantitative estimate of drug-likeness (QED) is 0.191. The van der Waals surface area contributed by atoms with Crippen LogP contribution in [0.4, 0.5) is 13.2 Å². The van der Waals surface area contributed by atoms with E-state index in [1.54, 1.807) is 24.3 Å². The van der Waals surface area contributed by atoms with E-state index in [2.05, 4.69) is 13.0 Å². The topological polar surface area (TPSA) is 9.23 Å². The number of benzene rings is 3. The Bertz CT molecular complexity index is 1370. The predicted octanol–water partition coefficient (Wildman–Crippen LogP) is 12.2. The minimum absolute atomic E-state index is 0.0641. The fraction of sp³-hybridized carbons (Fsp3) is 0.487. The van der Waals surface area contributed by atoms with Crippen molar-refractivity contribution >= 4 is 5.57 Å². The van der Waals surface area contributed by atoms with Gasteiger partial charge in [-0.15, -0.1) is 0 Å². The van der Waals surface area contributed by atoms with E-state index in [0.29, 0.717) is 17.7 Å². The molecular formula is C39H47F3O. The maximum atomic E-state index is 15.4. The third kappa shape index (κ3) is 7.75. The summed E-state index contributed by atoms with van der Waals surface area (Å²) in [5.41, 5.74) is 4.17. The lowest BCUT2D eigenvalue weighted by Crippen LogP contribution is -2.23. The normalized spacial score (nSPS) is 20.6. The molecule has 43 heavy (non-hydrogen) atoms. The summed E-state index contributed by atoms with van der Waals surface area (Å²) >= 11 is 0. The molecule has 1 fully saturated rings. The molecule has 4 heteroatoms. The molecular weight excluding hydrogens is 541 g/mol. The van der Waals surface area contributed by atoms with Gasteiger partial charge in [0.2, 0.25) is 5.82 Å². The number of hydrogen-bond acceptors (Lipinski definition) is 1. The fourth-order valence-electron chi connectivity index (χ4n) is 7.15. The number of allylic oxidation sites excluding steroid dienone is 2. The molecule has 1 nitrogen and oxygen atoms in total. The first-order valence-electron chi connectivity index (χ1n) is 16.7. The molecule has 0 N–H and O–H groups in total. The molecule has 1 unspecified atom stereocenters. The molecule has 0 heterocycles. The molecule has 0 spiro atoms. The summed E-state index contributed by atoms with van der Waals surface area (Å²) < 4.78 is 50.2. The Labute approximate surface area is 256 Å². The minimum Gasteiger partial charge on any atom is -0.490 e. The van der Waals surface area contributed by atoms with Crippen molar-refractivity contribution < 1.29 is 17.9 Å². The largest absolute Gasteiger partial charge is 0.490 e. The number of rotatable bonds is 12. The first kappa shape index (κ1) is 31.4. The summed E-state index contributed by atoms with van der Waals surface area (Å²) in [6.07, 6.45) is 18.2. The zero-order valence-corrected chi connectivity index (χ0v) is 25.9. The van der Waals surface area contributed by atoms with Crippen molar-refractivity contribution in [3.8, 4) is 28.0 Å². The third-order valence-corrected chi connectivity index (χ3v) is 9.87. The van der Waals surface area contributed by atoms with E-state index in [4.69, 9.17) is 4.74 Å². The predicted molar refractivity (Wildman–Crippen MR) is 172 cm³/mol. The Morgan fingerprint density at radius 2 is 1.37 bits per heavy atom. The van der Waals surface area contributed by atoms with Crippen LogP contribution in [0.3, 0.4) is 0 Å². The highest BCUT2D eigenvalue weighted by Crippen LogP contribution is 2.43. The highest BCUT2D eigenvalue weighted by molar-refractivity contribution is 5.74. The Hall–Kier alpha value is -3.01. The Morgan fingerprint density at radius 1 is 0.674 bits per heavy atom. The minimum atomic E-state index is -0.969. The lowest BCUT2D eigenvalue weighted by molar-refractivity contribution is 0.187. The second-order valence-corrected chi connectivity index (χ2v) is 12.8. The maximum Gasteiger partial charge on any atom is 0.201 e. The summed E-state index contributed by atoms with van der Waals surface area (Å²) in [6, 6.07) is 15.6. The lowest BCUT2D eigenvalue weighted by Gasteiger charge is -2.35. The Balaban J connectivity index is 1.20. The van der Waals surface area contributed by atoms with E-state index in [-0.39, 0.29) is 17.1 Å². The molecule has 0 aromatic heterocycles. The van der Waals surface area contributed by atoms with Crippen LogP contribution in [0.5, 0.6) is 5.75 Å². The van der Waals surface area contributed by atoms with Crippen LogP contribution in [0, 0.1) is 35.2 Å². The average molecular weight is 589 g/mol. The maximum absolute atomic E-state index is 15.4. The van der Waals surface area contributed by atoms with Gasteiger partial charge in [0.25, 0.3) is 0 Å². The van der Waals surface area contributed by atoms with Gasteiger partial charge in [-0.3, -0.25) is 0 Å². The van der Waals surface area contributed by atoms with Crippen molar-refractivity contribution in [2.24, 2.45) is 17.8 Å². The van der Waals surface area contributed by atoms with Gasteiger partial charge in [-0.05, 0) is 96.7 Å². The van der Waals surface area contributed by atoms with Crippen LogP contribution in [0.2, 0.25) is 0 Å². The molecule has 0 saturated heterocycles. The van der Waals surface area contributed by atoms with Gasteiger partial charge in [0.05, 0.1) is 6.61 Å². The summed E-state index contributed by atoms with van der Waals surface area (Å²) in [4.78, 5) is 0. The molecule has 3 aromatic rings. The van der Waals surface area contributed by atoms with Gasteiger partial charge in [-0.25, -0.2) is 8.78 Å². The van der Waals surface area contributed by atoms with Gasteiger partial charge in [0, 0.05) is 11.1 Å². The lowest BCUT2D eigenvalue weighted by atomic mass is 9.70. The van der Waals surface area contributed by atoms with E-state index in [0.717, 1.165) is 66.6 Å². The monoisotopic (exact) mass is 588 g/mol. The number of hydrogen-bond donors (Lipinski definition) is 0. The van der Waals surface area contributed by atoms with E-state index >= 15 is 4.39 Å². The van der Waals surface area contributed by atoms with Crippen molar-refractivity contribution in [3.05, 3.63) is 83.7 Å². The highest BCUT2D eigenvalue weighted by Gasteiger charge is 2.29. The molecule has 3 aromatic carbocycles. The second-order valence-electron chi connectivity index (χ2n) is 12.8. The molecule has 5 rings (SSSR count). The smallest absolute Gasteiger partial charge is 0.201 e.